The summed E-state index contributed by atoms with van der Waals surface area (Å²) in [4.78, 5) is 14.3. The van der Waals surface area contributed by atoms with Crippen molar-refractivity contribution in [1.29, 1.82) is 0 Å². The summed E-state index contributed by atoms with van der Waals surface area (Å²) in [5.74, 6) is 1.26. The highest BCUT2D eigenvalue weighted by Crippen LogP contribution is 2.47. The molecule has 0 aromatic carbocycles. The minimum atomic E-state index is -0.0815. The van der Waals surface area contributed by atoms with Crippen molar-refractivity contribution in [2.75, 3.05) is 25.1 Å². The smallest absolute Gasteiger partial charge is 0.265 e. The average Bonchev–Trinajstić information content (AvgIpc) is 3.10. The minimum absolute atomic E-state index is 0.0194. The van der Waals surface area contributed by atoms with E-state index in [1.165, 1.54) is 29.1 Å². The highest BCUT2D eigenvalue weighted by atomic mass is 32.1. The third-order valence-electron chi connectivity index (χ3n) is 3.62. The fourth-order valence-electron chi connectivity index (χ4n) is 2.28. The van der Waals surface area contributed by atoms with Crippen LogP contribution in [0.15, 0.2) is 0 Å². The number of hydrogen-bond donors (Lipinski definition) is 2. The van der Waals surface area contributed by atoms with E-state index in [1.54, 1.807) is 14.1 Å². The van der Waals surface area contributed by atoms with E-state index in [2.05, 4.69) is 12.2 Å². The zero-order valence-corrected chi connectivity index (χ0v) is 14.2. The molecular weight excluding hydrogens is 286 g/mol. The number of carbonyl (C=O) groups excluding carboxylic acids is 1. The molecule has 1 heterocycles. The van der Waals surface area contributed by atoms with Gasteiger partial charge in [0, 0.05) is 20.1 Å². The Bertz CT molecular complexity index is 525. The van der Waals surface area contributed by atoms with Gasteiger partial charge in [-0.2, -0.15) is 0 Å². The second kappa shape index (κ2) is 6.13. The van der Waals surface area contributed by atoms with E-state index < -0.39 is 0 Å². The maximum Gasteiger partial charge on any atom is 0.265 e. The second-order valence-corrected chi connectivity index (χ2v) is 7.04. The van der Waals surface area contributed by atoms with Crippen LogP contribution in [0.3, 0.4) is 0 Å². The summed E-state index contributed by atoms with van der Waals surface area (Å²) in [6, 6.07) is 0.477. The summed E-state index contributed by atoms with van der Waals surface area (Å²) in [7, 11) is 3.46. The molecule has 2 rings (SSSR count). The standard InChI is InChI=1S/C15H25N3O2S/c1-6-9-7-10(9)17-14-12(20-8(2)3)11(16)13(21-14)15(19)18(4)5/h8-10,17H,6-7,16H2,1-5H3. The Morgan fingerprint density at radius 3 is 2.67 bits per heavy atom. The van der Waals surface area contributed by atoms with E-state index in [1.807, 2.05) is 13.8 Å². The number of rotatable bonds is 6. The van der Waals surface area contributed by atoms with Crippen molar-refractivity contribution in [3.05, 3.63) is 4.88 Å². The van der Waals surface area contributed by atoms with Gasteiger partial charge in [-0.25, -0.2) is 0 Å². The summed E-state index contributed by atoms with van der Waals surface area (Å²) in [6.45, 7) is 6.11. The minimum Gasteiger partial charge on any atom is -0.486 e. The molecular formula is C15H25N3O2S. The highest BCUT2D eigenvalue weighted by Gasteiger charge is 2.37. The Morgan fingerprint density at radius 1 is 1.52 bits per heavy atom. The summed E-state index contributed by atoms with van der Waals surface area (Å²) >= 11 is 1.39. The van der Waals surface area contributed by atoms with E-state index in [0.29, 0.717) is 28.3 Å². The number of ether oxygens (including phenoxy) is 1. The molecule has 21 heavy (non-hydrogen) atoms. The first-order valence-electron chi connectivity index (χ1n) is 7.42. The quantitative estimate of drug-likeness (QED) is 0.847. The van der Waals surface area contributed by atoms with E-state index in [4.69, 9.17) is 10.5 Å². The van der Waals surface area contributed by atoms with E-state index in [-0.39, 0.29) is 12.0 Å². The molecule has 118 valence electrons. The van der Waals surface area contributed by atoms with Gasteiger partial charge >= 0.3 is 0 Å². The molecule has 0 radical (unpaired) electrons. The molecule has 6 heteroatoms. The predicted molar refractivity (Wildman–Crippen MR) is 88.3 cm³/mol. The van der Waals surface area contributed by atoms with Gasteiger partial charge in [-0.15, -0.1) is 11.3 Å². The Hall–Kier alpha value is -1.43. The molecule has 1 aliphatic carbocycles. The molecule has 0 bridgehead atoms. The Labute approximate surface area is 130 Å². The average molecular weight is 311 g/mol. The summed E-state index contributed by atoms with van der Waals surface area (Å²) in [5, 5.41) is 4.37. The lowest BCUT2D eigenvalue weighted by molar-refractivity contribution is 0.0833. The third kappa shape index (κ3) is 3.43. The van der Waals surface area contributed by atoms with Gasteiger partial charge in [-0.1, -0.05) is 13.3 Å². The third-order valence-corrected chi connectivity index (χ3v) is 4.72. The molecule has 1 saturated carbocycles. The van der Waals surface area contributed by atoms with Crippen molar-refractivity contribution in [1.82, 2.24) is 4.90 Å². The van der Waals surface area contributed by atoms with Crippen molar-refractivity contribution in [2.24, 2.45) is 5.92 Å². The van der Waals surface area contributed by atoms with Crippen molar-refractivity contribution in [3.8, 4) is 5.75 Å². The molecule has 0 aliphatic heterocycles. The Morgan fingerprint density at radius 2 is 2.19 bits per heavy atom. The molecule has 1 amide bonds. The molecule has 5 nitrogen and oxygen atoms in total. The van der Waals surface area contributed by atoms with Crippen molar-refractivity contribution in [2.45, 2.75) is 45.8 Å². The number of nitrogens with one attached hydrogen (secondary N) is 1. The molecule has 3 N–H and O–H groups in total. The van der Waals surface area contributed by atoms with Gasteiger partial charge in [0.15, 0.2) is 5.75 Å². The van der Waals surface area contributed by atoms with Gasteiger partial charge in [0.25, 0.3) is 5.91 Å². The summed E-state index contributed by atoms with van der Waals surface area (Å²) in [6.07, 6.45) is 2.36. The lowest BCUT2D eigenvalue weighted by atomic mass is 10.3. The highest BCUT2D eigenvalue weighted by molar-refractivity contribution is 7.19. The number of hydrogen-bond acceptors (Lipinski definition) is 5. The Kier molecular flexibility index (Phi) is 4.66. The largest absolute Gasteiger partial charge is 0.486 e. The number of carbonyl (C=O) groups is 1. The van der Waals surface area contributed by atoms with Gasteiger partial charge < -0.3 is 20.7 Å². The van der Waals surface area contributed by atoms with Crippen LogP contribution in [0.2, 0.25) is 0 Å². The van der Waals surface area contributed by atoms with E-state index >= 15 is 0 Å². The summed E-state index contributed by atoms with van der Waals surface area (Å²) in [5.41, 5.74) is 6.60. The first kappa shape index (κ1) is 15.9. The van der Waals surface area contributed by atoms with Gasteiger partial charge in [0.1, 0.15) is 15.6 Å². The molecule has 1 fully saturated rings. The van der Waals surface area contributed by atoms with Crippen LogP contribution in [-0.4, -0.2) is 37.0 Å². The Balaban J connectivity index is 2.28. The van der Waals surface area contributed by atoms with Crippen LogP contribution in [-0.2, 0) is 0 Å². The van der Waals surface area contributed by atoms with Gasteiger partial charge in [-0.3, -0.25) is 4.79 Å². The SMILES string of the molecule is CCC1CC1Nc1sc(C(=O)N(C)C)c(N)c1OC(C)C. The number of nitrogen functional groups attached to an aromatic ring is 1. The first-order valence-corrected chi connectivity index (χ1v) is 8.23. The first-order chi connectivity index (χ1) is 9.85. The molecule has 0 spiro atoms. The van der Waals surface area contributed by atoms with E-state index in [0.717, 1.165) is 5.00 Å². The van der Waals surface area contributed by atoms with Crippen molar-refractivity contribution in [3.63, 3.8) is 0 Å². The van der Waals surface area contributed by atoms with Gasteiger partial charge in [0.2, 0.25) is 0 Å². The number of anilines is 2. The van der Waals surface area contributed by atoms with Crippen molar-refractivity contribution < 1.29 is 9.53 Å². The van der Waals surface area contributed by atoms with Gasteiger partial charge in [0.05, 0.1) is 6.10 Å². The van der Waals surface area contributed by atoms with Crippen molar-refractivity contribution >= 4 is 27.9 Å². The number of amides is 1. The maximum absolute atomic E-state index is 12.2. The summed E-state index contributed by atoms with van der Waals surface area (Å²) < 4.78 is 5.84. The molecule has 2 atom stereocenters. The fraction of sp³-hybridized carbons (Fsp3) is 0.667. The topological polar surface area (TPSA) is 67.6 Å². The zero-order valence-electron chi connectivity index (χ0n) is 13.4. The predicted octanol–water partition coefficient (Wildman–Crippen LogP) is 3.03. The van der Waals surface area contributed by atoms with Crippen LogP contribution in [0.1, 0.15) is 43.3 Å². The lowest BCUT2D eigenvalue weighted by Crippen LogP contribution is -2.21. The molecule has 1 aromatic heterocycles. The molecule has 1 aliphatic rings. The molecule has 1 aromatic rings. The monoisotopic (exact) mass is 311 g/mol. The van der Waals surface area contributed by atoms with Crippen LogP contribution in [0, 0.1) is 5.92 Å². The lowest BCUT2D eigenvalue weighted by Gasteiger charge is -2.13. The second-order valence-electron chi connectivity index (χ2n) is 6.02. The van der Waals surface area contributed by atoms with Crippen LogP contribution in [0.5, 0.6) is 5.75 Å². The van der Waals surface area contributed by atoms with Gasteiger partial charge in [-0.05, 0) is 26.2 Å². The zero-order chi connectivity index (χ0) is 15.7. The number of nitrogens with zero attached hydrogens (tertiary/aromatic N) is 1. The van der Waals surface area contributed by atoms with Crippen LogP contribution in [0.25, 0.3) is 0 Å². The van der Waals surface area contributed by atoms with Crippen LogP contribution in [0.4, 0.5) is 10.7 Å². The molecule has 2 unspecified atom stereocenters. The maximum atomic E-state index is 12.2. The fourth-order valence-corrected chi connectivity index (χ4v) is 3.42. The number of nitrogens with two attached hydrogens (primary N) is 1. The van der Waals surface area contributed by atoms with E-state index in [9.17, 15) is 4.79 Å². The molecule has 0 saturated heterocycles. The number of thiophene rings is 1. The van der Waals surface area contributed by atoms with Crippen LogP contribution >= 0.6 is 11.3 Å². The van der Waals surface area contributed by atoms with Crippen LogP contribution < -0.4 is 15.8 Å². The normalized spacial score (nSPS) is 20.5.